The third kappa shape index (κ3) is 2.31. The van der Waals surface area contributed by atoms with Gasteiger partial charge in [-0.1, -0.05) is 12.1 Å². The second-order valence-electron chi connectivity index (χ2n) is 5.22. The van der Waals surface area contributed by atoms with E-state index in [-0.39, 0.29) is 0 Å². The molecule has 0 spiro atoms. The molecule has 0 atom stereocenters. The average Bonchev–Trinajstić information content (AvgIpc) is 3.11. The summed E-state index contributed by atoms with van der Waals surface area (Å²) in [5, 5.41) is 9.58. The van der Waals surface area contributed by atoms with Crippen LogP contribution in [0.25, 0.3) is 0 Å². The van der Waals surface area contributed by atoms with Crippen LogP contribution in [-0.2, 0) is 10.2 Å². The number of phenolic OH excluding ortho intramolecular Hbond substituents is 1. The van der Waals surface area contributed by atoms with Gasteiger partial charge in [-0.15, -0.1) is 0 Å². The number of phenols is 1. The number of ether oxygens (including phenoxy) is 1. The van der Waals surface area contributed by atoms with Crippen LogP contribution < -0.4 is 0 Å². The first-order chi connectivity index (χ1) is 8.28. The zero-order valence-corrected chi connectivity index (χ0v) is 10.1. The van der Waals surface area contributed by atoms with E-state index < -0.39 is 0 Å². The van der Waals surface area contributed by atoms with Crippen molar-refractivity contribution in [2.75, 3.05) is 32.8 Å². The lowest BCUT2D eigenvalue weighted by molar-refractivity contribution is 0.0335. The largest absolute Gasteiger partial charge is 0.508 e. The highest BCUT2D eigenvalue weighted by Gasteiger charge is 2.45. The van der Waals surface area contributed by atoms with E-state index in [9.17, 15) is 5.11 Å². The SMILES string of the molecule is Oc1cccc(C2(CN3CCOCC3)CC2)c1. The highest BCUT2D eigenvalue weighted by molar-refractivity contribution is 5.37. The molecule has 92 valence electrons. The zero-order valence-electron chi connectivity index (χ0n) is 10.1. The van der Waals surface area contributed by atoms with Crippen LogP contribution in [0.3, 0.4) is 0 Å². The van der Waals surface area contributed by atoms with Gasteiger partial charge in [-0.3, -0.25) is 4.90 Å². The lowest BCUT2D eigenvalue weighted by Crippen LogP contribution is -2.41. The Balaban J connectivity index is 1.73. The summed E-state index contributed by atoms with van der Waals surface area (Å²) >= 11 is 0. The van der Waals surface area contributed by atoms with Gasteiger partial charge in [-0.2, -0.15) is 0 Å². The highest BCUT2D eigenvalue weighted by atomic mass is 16.5. The van der Waals surface area contributed by atoms with Crippen molar-refractivity contribution in [3.8, 4) is 5.75 Å². The summed E-state index contributed by atoms with van der Waals surface area (Å²) < 4.78 is 5.38. The molecule has 0 radical (unpaired) electrons. The van der Waals surface area contributed by atoms with Crippen molar-refractivity contribution in [3.63, 3.8) is 0 Å². The molecule has 17 heavy (non-hydrogen) atoms. The first-order valence-electron chi connectivity index (χ1n) is 6.38. The minimum Gasteiger partial charge on any atom is -0.508 e. The Morgan fingerprint density at radius 2 is 2.00 bits per heavy atom. The van der Waals surface area contributed by atoms with Crippen LogP contribution in [-0.4, -0.2) is 42.9 Å². The Bertz CT molecular complexity index is 395. The molecule has 1 heterocycles. The van der Waals surface area contributed by atoms with Crippen molar-refractivity contribution in [3.05, 3.63) is 29.8 Å². The number of rotatable bonds is 3. The van der Waals surface area contributed by atoms with Gasteiger partial charge in [0.2, 0.25) is 0 Å². The molecule has 1 aliphatic heterocycles. The second kappa shape index (κ2) is 4.31. The molecule has 2 aliphatic rings. The number of morpholine rings is 1. The number of hydrogen-bond donors (Lipinski definition) is 1. The molecular weight excluding hydrogens is 214 g/mol. The molecule has 3 heteroatoms. The van der Waals surface area contributed by atoms with Crippen molar-refractivity contribution in [1.29, 1.82) is 0 Å². The quantitative estimate of drug-likeness (QED) is 0.863. The minimum absolute atomic E-state index is 0.302. The fourth-order valence-corrected chi connectivity index (χ4v) is 2.71. The first kappa shape index (κ1) is 11.1. The number of aromatic hydroxyl groups is 1. The standard InChI is InChI=1S/C14H19NO2/c16-13-3-1-2-12(10-13)14(4-5-14)11-15-6-8-17-9-7-15/h1-3,10,16H,4-9,11H2. The van der Waals surface area contributed by atoms with Crippen LogP contribution in [0.2, 0.25) is 0 Å². The van der Waals surface area contributed by atoms with Gasteiger partial charge in [0.15, 0.2) is 0 Å². The normalized spacial score (nSPS) is 23.5. The fourth-order valence-electron chi connectivity index (χ4n) is 2.71. The van der Waals surface area contributed by atoms with Crippen molar-refractivity contribution >= 4 is 0 Å². The monoisotopic (exact) mass is 233 g/mol. The Kier molecular flexibility index (Phi) is 2.81. The molecule has 0 aromatic heterocycles. The average molecular weight is 233 g/mol. The van der Waals surface area contributed by atoms with E-state index in [1.165, 1.54) is 18.4 Å². The molecule has 1 aliphatic carbocycles. The minimum atomic E-state index is 0.302. The van der Waals surface area contributed by atoms with E-state index in [0.717, 1.165) is 32.8 Å². The van der Waals surface area contributed by atoms with Crippen LogP contribution in [0.15, 0.2) is 24.3 Å². The summed E-state index contributed by atoms with van der Waals surface area (Å²) in [4.78, 5) is 2.49. The van der Waals surface area contributed by atoms with Crippen molar-refractivity contribution in [2.24, 2.45) is 0 Å². The van der Waals surface area contributed by atoms with Gasteiger partial charge < -0.3 is 9.84 Å². The van der Waals surface area contributed by atoms with Gasteiger partial charge in [0.1, 0.15) is 5.75 Å². The Labute approximate surface area is 102 Å². The van der Waals surface area contributed by atoms with Crippen LogP contribution in [0.5, 0.6) is 5.75 Å². The third-order valence-electron chi connectivity index (χ3n) is 3.94. The topological polar surface area (TPSA) is 32.7 Å². The van der Waals surface area contributed by atoms with Gasteiger partial charge in [0, 0.05) is 25.0 Å². The maximum Gasteiger partial charge on any atom is 0.115 e. The highest BCUT2D eigenvalue weighted by Crippen LogP contribution is 2.49. The van der Waals surface area contributed by atoms with Gasteiger partial charge in [-0.05, 0) is 30.5 Å². The lowest BCUT2D eigenvalue weighted by Gasteiger charge is -2.30. The van der Waals surface area contributed by atoms with Crippen molar-refractivity contribution in [2.45, 2.75) is 18.3 Å². The van der Waals surface area contributed by atoms with E-state index in [1.54, 1.807) is 6.07 Å². The Hall–Kier alpha value is -1.06. The van der Waals surface area contributed by atoms with Gasteiger partial charge in [0.05, 0.1) is 13.2 Å². The summed E-state index contributed by atoms with van der Waals surface area (Å²) in [6.07, 6.45) is 2.49. The lowest BCUT2D eigenvalue weighted by atomic mass is 9.95. The van der Waals surface area contributed by atoms with E-state index in [0.29, 0.717) is 11.2 Å². The molecule has 1 N–H and O–H groups in total. The molecule has 3 nitrogen and oxygen atoms in total. The molecule has 1 aromatic carbocycles. The Morgan fingerprint density at radius 1 is 1.24 bits per heavy atom. The molecule has 1 saturated heterocycles. The zero-order chi connectivity index (χ0) is 11.7. The first-order valence-corrected chi connectivity index (χ1v) is 6.38. The predicted octanol–water partition coefficient (Wildman–Crippen LogP) is 1.76. The molecule has 1 aromatic rings. The van der Waals surface area contributed by atoms with Crippen molar-refractivity contribution in [1.82, 2.24) is 4.90 Å². The number of benzene rings is 1. The predicted molar refractivity (Wildman–Crippen MR) is 66.3 cm³/mol. The number of nitrogens with zero attached hydrogens (tertiary/aromatic N) is 1. The van der Waals surface area contributed by atoms with Crippen LogP contribution in [0.1, 0.15) is 18.4 Å². The fraction of sp³-hybridized carbons (Fsp3) is 0.571. The summed E-state index contributed by atoms with van der Waals surface area (Å²) in [6.45, 7) is 4.91. The smallest absolute Gasteiger partial charge is 0.115 e. The van der Waals surface area contributed by atoms with E-state index in [1.807, 2.05) is 12.1 Å². The maximum absolute atomic E-state index is 9.58. The van der Waals surface area contributed by atoms with Crippen LogP contribution >= 0.6 is 0 Å². The summed E-state index contributed by atoms with van der Waals surface area (Å²) in [7, 11) is 0. The molecule has 2 fully saturated rings. The Morgan fingerprint density at radius 3 is 2.65 bits per heavy atom. The van der Waals surface area contributed by atoms with Gasteiger partial charge in [-0.25, -0.2) is 0 Å². The van der Waals surface area contributed by atoms with Crippen LogP contribution in [0.4, 0.5) is 0 Å². The molecular formula is C14H19NO2. The van der Waals surface area contributed by atoms with Gasteiger partial charge in [0.25, 0.3) is 0 Å². The summed E-state index contributed by atoms with van der Waals surface area (Å²) in [5.74, 6) is 0.385. The molecule has 0 amide bonds. The molecule has 0 bridgehead atoms. The maximum atomic E-state index is 9.58. The van der Waals surface area contributed by atoms with Gasteiger partial charge >= 0.3 is 0 Å². The third-order valence-corrected chi connectivity index (χ3v) is 3.94. The van der Waals surface area contributed by atoms with E-state index >= 15 is 0 Å². The van der Waals surface area contributed by atoms with Crippen molar-refractivity contribution < 1.29 is 9.84 Å². The number of hydrogen-bond acceptors (Lipinski definition) is 3. The molecule has 0 unspecified atom stereocenters. The summed E-state index contributed by atoms with van der Waals surface area (Å²) in [6, 6.07) is 7.76. The van der Waals surface area contributed by atoms with E-state index in [4.69, 9.17) is 4.74 Å². The van der Waals surface area contributed by atoms with E-state index in [2.05, 4.69) is 11.0 Å². The molecule has 1 saturated carbocycles. The van der Waals surface area contributed by atoms with Crippen LogP contribution in [0, 0.1) is 0 Å². The molecule has 3 rings (SSSR count). The second-order valence-corrected chi connectivity index (χ2v) is 5.22. The summed E-state index contributed by atoms with van der Waals surface area (Å²) in [5.41, 5.74) is 1.60.